The maximum Gasteiger partial charge on any atom is 0.343 e. The average Bonchev–Trinajstić information content (AvgIpc) is 2.37. The molecule has 0 fully saturated rings. The van der Waals surface area contributed by atoms with Crippen molar-refractivity contribution in [1.29, 1.82) is 0 Å². The summed E-state index contributed by atoms with van der Waals surface area (Å²) in [4.78, 5) is 23.8. The number of carbonyl (C=O) groups is 2. The van der Waals surface area contributed by atoms with E-state index in [1.165, 1.54) is 6.92 Å². The molecule has 0 atom stereocenters. The third kappa shape index (κ3) is 3.03. The van der Waals surface area contributed by atoms with Gasteiger partial charge in [0.25, 0.3) is 0 Å². The van der Waals surface area contributed by atoms with Gasteiger partial charge in [-0.2, -0.15) is 0 Å². The van der Waals surface area contributed by atoms with Crippen LogP contribution in [0.4, 0.5) is 0 Å². The first-order valence-corrected chi connectivity index (χ1v) is 6.46. The van der Waals surface area contributed by atoms with Crippen molar-refractivity contribution in [2.45, 2.75) is 11.8 Å². The van der Waals surface area contributed by atoms with Crippen molar-refractivity contribution < 1.29 is 14.3 Å². The van der Waals surface area contributed by atoms with Gasteiger partial charge in [0.1, 0.15) is 0 Å². The summed E-state index contributed by atoms with van der Waals surface area (Å²) in [5.41, 5.74) is 0.461. The van der Waals surface area contributed by atoms with Crippen molar-refractivity contribution in [3.63, 3.8) is 0 Å². The first-order chi connectivity index (χ1) is 9.11. The second-order valence-corrected chi connectivity index (χ2v) is 5.10. The standard InChI is InChI=1S/C15H12O3S/c1-3-18-15(17)13-6-4-5-11-7-8-12(9-14(11)13)19-10(2)16/h3-9H,1H2,2H3. The lowest BCUT2D eigenvalue weighted by molar-refractivity contribution is -0.109. The summed E-state index contributed by atoms with van der Waals surface area (Å²) in [6, 6.07) is 10.9. The van der Waals surface area contributed by atoms with E-state index in [0.717, 1.165) is 33.7 Å². The molecular formula is C15H12O3S. The van der Waals surface area contributed by atoms with Crippen molar-refractivity contribution in [2.75, 3.05) is 0 Å². The maximum absolute atomic E-state index is 11.8. The molecule has 0 aliphatic carbocycles. The number of hydrogen-bond donors (Lipinski definition) is 0. The van der Waals surface area contributed by atoms with E-state index in [1.54, 1.807) is 12.1 Å². The molecule has 0 spiro atoms. The summed E-state index contributed by atoms with van der Waals surface area (Å²) in [7, 11) is 0. The second-order valence-electron chi connectivity index (χ2n) is 3.85. The largest absolute Gasteiger partial charge is 0.432 e. The molecule has 0 amide bonds. The fourth-order valence-corrected chi connectivity index (χ4v) is 2.44. The number of benzene rings is 2. The number of rotatable bonds is 3. The number of carbonyl (C=O) groups excluding carboxylic acids is 2. The monoisotopic (exact) mass is 272 g/mol. The highest BCUT2D eigenvalue weighted by Gasteiger charge is 2.11. The smallest absolute Gasteiger partial charge is 0.343 e. The molecule has 0 N–H and O–H groups in total. The van der Waals surface area contributed by atoms with Crippen molar-refractivity contribution in [3.8, 4) is 0 Å². The Labute approximate surface area is 115 Å². The summed E-state index contributed by atoms with van der Waals surface area (Å²) in [6.07, 6.45) is 1.11. The van der Waals surface area contributed by atoms with Gasteiger partial charge in [-0.15, -0.1) is 0 Å². The first kappa shape index (κ1) is 13.4. The van der Waals surface area contributed by atoms with E-state index in [4.69, 9.17) is 4.74 Å². The van der Waals surface area contributed by atoms with Gasteiger partial charge >= 0.3 is 5.97 Å². The Morgan fingerprint density at radius 1 is 1.26 bits per heavy atom. The van der Waals surface area contributed by atoms with Crippen LogP contribution in [0, 0.1) is 0 Å². The summed E-state index contributed by atoms with van der Waals surface area (Å²) < 4.78 is 4.81. The number of fused-ring (bicyclic) bond motifs is 1. The molecule has 0 aliphatic rings. The molecule has 96 valence electrons. The van der Waals surface area contributed by atoms with Gasteiger partial charge in [-0.05, 0) is 29.0 Å². The third-order valence-corrected chi connectivity index (χ3v) is 3.30. The van der Waals surface area contributed by atoms with Crippen molar-refractivity contribution in [3.05, 3.63) is 54.8 Å². The molecule has 0 heterocycles. The Balaban J connectivity index is 2.54. The van der Waals surface area contributed by atoms with Gasteiger partial charge in [0.05, 0.1) is 11.8 Å². The van der Waals surface area contributed by atoms with Gasteiger partial charge < -0.3 is 4.74 Å². The van der Waals surface area contributed by atoms with E-state index in [-0.39, 0.29) is 5.12 Å². The van der Waals surface area contributed by atoms with E-state index in [0.29, 0.717) is 5.56 Å². The molecule has 0 radical (unpaired) electrons. The highest BCUT2D eigenvalue weighted by molar-refractivity contribution is 8.13. The predicted octanol–water partition coefficient (Wildman–Crippen LogP) is 3.78. The lowest BCUT2D eigenvalue weighted by atomic mass is 10.0. The fourth-order valence-electron chi connectivity index (χ4n) is 1.80. The van der Waals surface area contributed by atoms with Crippen LogP contribution in [-0.2, 0) is 9.53 Å². The number of esters is 1. The number of ether oxygens (including phenoxy) is 1. The molecule has 4 heteroatoms. The van der Waals surface area contributed by atoms with Gasteiger partial charge in [-0.25, -0.2) is 4.79 Å². The lowest BCUT2D eigenvalue weighted by Crippen LogP contribution is -2.01. The van der Waals surface area contributed by atoms with Crippen LogP contribution in [0.25, 0.3) is 10.8 Å². The van der Waals surface area contributed by atoms with Crippen molar-refractivity contribution in [2.24, 2.45) is 0 Å². The SMILES string of the molecule is C=COC(=O)c1cccc2ccc(SC(C)=O)cc12. The highest BCUT2D eigenvalue weighted by atomic mass is 32.2. The number of thioether (sulfide) groups is 1. The minimum Gasteiger partial charge on any atom is -0.432 e. The Morgan fingerprint density at radius 2 is 2.05 bits per heavy atom. The van der Waals surface area contributed by atoms with Crippen LogP contribution in [0.1, 0.15) is 17.3 Å². The van der Waals surface area contributed by atoms with Crippen LogP contribution in [0.5, 0.6) is 0 Å². The lowest BCUT2D eigenvalue weighted by Gasteiger charge is -2.06. The van der Waals surface area contributed by atoms with Crippen LogP contribution in [-0.4, -0.2) is 11.1 Å². The van der Waals surface area contributed by atoms with E-state index >= 15 is 0 Å². The van der Waals surface area contributed by atoms with Crippen LogP contribution >= 0.6 is 11.8 Å². The maximum atomic E-state index is 11.8. The van der Waals surface area contributed by atoms with Crippen LogP contribution in [0.2, 0.25) is 0 Å². The average molecular weight is 272 g/mol. The van der Waals surface area contributed by atoms with Crippen LogP contribution in [0.3, 0.4) is 0 Å². The Hall–Kier alpha value is -2.07. The Morgan fingerprint density at radius 3 is 2.74 bits per heavy atom. The molecule has 2 aromatic rings. The zero-order chi connectivity index (χ0) is 13.8. The summed E-state index contributed by atoms with van der Waals surface area (Å²) in [5.74, 6) is -0.453. The summed E-state index contributed by atoms with van der Waals surface area (Å²) >= 11 is 1.14. The molecule has 0 aliphatic heterocycles. The third-order valence-electron chi connectivity index (χ3n) is 2.53. The Bertz CT molecular complexity index is 661. The fraction of sp³-hybridized carbons (Fsp3) is 0.0667. The molecular weight excluding hydrogens is 260 g/mol. The molecule has 0 bridgehead atoms. The van der Waals surface area contributed by atoms with E-state index < -0.39 is 5.97 Å². The molecule has 2 rings (SSSR count). The van der Waals surface area contributed by atoms with Gasteiger partial charge in [0.15, 0.2) is 5.12 Å². The van der Waals surface area contributed by atoms with Gasteiger partial charge in [-0.3, -0.25) is 4.79 Å². The molecule has 2 aromatic carbocycles. The minimum atomic E-state index is -0.453. The molecule has 19 heavy (non-hydrogen) atoms. The second kappa shape index (κ2) is 5.71. The van der Waals surface area contributed by atoms with Crippen LogP contribution < -0.4 is 0 Å². The quantitative estimate of drug-likeness (QED) is 0.484. The van der Waals surface area contributed by atoms with E-state index in [1.807, 2.05) is 24.3 Å². The van der Waals surface area contributed by atoms with Gasteiger partial charge in [0.2, 0.25) is 0 Å². The molecule has 0 aromatic heterocycles. The first-order valence-electron chi connectivity index (χ1n) is 5.65. The molecule has 3 nitrogen and oxygen atoms in total. The van der Waals surface area contributed by atoms with Gasteiger partial charge in [0, 0.05) is 11.8 Å². The van der Waals surface area contributed by atoms with Crippen molar-refractivity contribution in [1.82, 2.24) is 0 Å². The normalized spacial score (nSPS) is 10.2. The predicted molar refractivity (Wildman–Crippen MR) is 76.1 cm³/mol. The number of hydrogen-bond acceptors (Lipinski definition) is 4. The van der Waals surface area contributed by atoms with E-state index in [2.05, 4.69) is 6.58 Å². The zero-order valence-electron chi connectivity index (χ0n) is 10.4. The zero-order valence-corrected chi connectivity index (χ0v) is 11.2. The van der Waals surface area contributed by atoms with Crippen LogP contribution in [0.15, 0.2) is 54.1 Å². The molecule has 0 saturated carbocycles. The minimum absolute atomic E-state index is 0.00509. The topological polar surface area (TPSA) is 43.4 Å². The molecule has 0 unspecified atom stereocenters. The highest BCUT2D eigenvalue weighted by Crippen LogP contribution is 2.26. The van der Waals surface area contributed by atoms with Gasteiger partial charge in [-0.1, -0.05) is 36.5 Å². The van der Waals surface area contributed by atoms with Crippen molar-refractivity contribution >= 4 is 33.6 Å². The summed E-state index contributed by atoms with van der Waals surface area (Å²) in [6.45, 7) is 4.88. The molecule has 0 saturated heterocycles. The summed E-state index contributed by atoms with van der Waals surface area (Å²) in [5, 5.41) is 1.69. The Kier molecular flexibility index (Phi) is 4.02. The van der Waals surface area contributed by atoms with E-state index in [9.17, 15) is 9.59 Å².